The molecule has 0 bridgehead atoms. The van der Waals surface area contributed by atoms with Gasteiger partial charge in [-0.15, -0.1) is 0 Å². The zero-order chi connectivity index (χ0) is 12.8. The highest BCUT2D eigenvalue weighted by molar-refractivity contribution is 5.70. The second-order valence-electron chi connectivity index (χ2n) is 3.66. The van der Waals surface area contributed by atoms with Crippen LogP contribution >= 0.6 is 0 Å². The number of carbonyl (C=O) groups is 1. The Bertz CT molecular complexity index is 389. The van der Waals surface area contributed by atoms with E-state index in [0.29, 0.717) is 13.1 Å². The average molecular weight is 239 g/mol. The predicted molar refractivity (Wildman–Crippen MR) is 64.7 cm³/mol. The second-order valence-corrected chi connectivity index (χ2v) is 3.66. The number of aryl methyl sites for hydroxylation is 1. The van der Waals surface area contributed by atoms with E-state index in [1.54, 1.807) is 12.1 Å². The van der Waals surface area contributed by atoms with Gasteiger partial charge in [0.2, 0.25) is 0 Å². The normalized spacial score (nSPS) is 10.1. The molecule has 0 aromatic heterocycles. The molecule has 1 aromatic carbocycles. The summed E-state index contributed by atoms with van der Waals surface area (Å²) in [4.78, 5) is 13.2. The van der Waals surface area contributed by atoms with Crippen LogP contribution in [0, 0.1) is 5.82 Å². The lowest BCUT2D eigenvalue weighted by molar-refractivity contribution is 0.155. The Morgan fingerprint density at radius 3 is 2.47 bits per heavy atom. The molecule has 4 heteroatoms. The Kier molecular flexibility index (Phi) is 4.94. The van der Waals surface area contributed by atoms with Crippen molar-refractivity contribution in [2.75, 3.05) is 13.1 Å². The van der Waals surface area contributed by atoms with Crippen LogP contribution in [0.2, 0.25) is 0 Å². The molecule has 0 saturated heterocycles. The minimum atomic E-state index is -0.512. The van der Waals surface area contributed by atoms with Gasteiger partial charge >= 0.3 is 6.09 Å². The van der Waals surface area contributed by atoms with Crippen LogP contribution in [0.25, 0.3) is 0 Å². The predicted octanol–water partition coefficient (Wildman–Crippen LogP) is 3.23. The third kappa shape index (κ3) is 3.44. The van der Waals surface area contributed by atoms with Crippen molar-refractivity contribution >= 4 is 6.09 Å². The molecule has 0 saturated carbocycles. The summed E-state index contributed by atoms with van der Waals surface area (Å²) in [5, 5.41) is 0. The fourth-order valence-electron chi connectivity index (χ4n) is 1.49. The van der Waals surface area contributed by atoms with Gasteiger partial charge in [-0.25, -0.2) is 9.18 Å². The van der Waals surface area contributed by atoms with Crippen molar-refractivity contribution < 1.29 is 13.9 Å². The first-order valence-electron chi connectivity index (χ1n) is 5.87. The minimum Gasteiger partial charge on any atom is -0.407 e. The van der Waals surface area contributed by atoms with Crippen molar-refractivity contribution in [3.05, 3.63) is 29.6 Å². The number of carbonyl (C=O) groups excluding carboxylic acids is 1. The smallest absolute Gasteiger partial charge is 0.407 e. The van der Waals surface area contributed by atoms with Crippen LogP contribution in [-0.2, 0) is 6.42 Å². The second kappa shape index (κ2) is 6.23. The highest BCUT2D eigenvalue weighted by atomic mass is 19.1. The molecule has 1 aromatic rings. The summed E-state index contributed by atoms with van der Waals surface area (Å²) in [6.07, 6.45) is 0.262. The standard InChI is InChI=1S/C13H18FNO2/c1-4-10-7-8-11(14)12(9-10)17-13(16)15(5-2)6-3/h7-9H,4-6H2,1-3H3. The lowest BCUT2D eigenvalue weighted by Crippen LogP contribution is -2.33. The fraction of sp³-hybridized carbons (Fsp3) is 0.462. The van der Waals surface area contributed by atoms with Crippen molar-refractivity contribution in [2.24, 2.45) is 0 Å². The average Bonchev–Trinajstić information content (AvgIpc) is 2.33. The summed E-state index contributed by atoms with van der Waals surface area (Å²) in [5.74, 6) is -0.510. The van der Waals surface area contributed by atoms with Gasteiger partial charge in [0.25, 0.3) is 0 Å². The summed E-state index contributed by atoms with van der Waals surface area (Å²) < 4.78 is 18.5. The quantitative estimate of drug-likeness (QED) is 0.807. The minimum absolute atomic E-state index is 0.00116. The van der Waals surface area contributed by atoms with Gasteiger partial charge < -0.3 is 9.64 Å². The molecule has 94 valence electrons. The lowest BCUT2D eigenvalue weighted by Gasteiger charge is -2.18. The Balaban J connectivity index is 2.83. The van der Waals surface area contributed by atoms with Crippen molar-refractivity contribution in [1.82, 2.24) is 4.90 Å². The Morgan fingerprint density at radius 1 is 1.29 bits per heavy atom. The van der Waals surface area contributed by atoms with Crippen LogP contribution in [0.4, 0.5) is 9.18 Å². The summed E-state index contributed by atoms with van der Waals surface area (Å²) in [5.41, 5.74) is 0.939. The molecule has 0 N–H and O–H groups in total. The number of ether oxygens (including phenoxy) is 1. The molecule has 17 heavy (non-hydrogen) atoms. The van der Waals surface area contributed by atoms with E-state index in [1.807, 2.05) is 20.8 Å². The van der Waals surface area contributed by atoms with Crippen molar-refractivity contribution in [3.8, 4) is 5.75 Å². The van der Waals surface area contributed by atoms with E-state index >= 15 is 0 Å². The van der Waals surface area contributed by atoms with Crippen molar-refractivity contribution in [1.29, 1.82) is 0 Å². The van der Waals surface area contributed by atoms with Gasteiger partial charge in [-0.3, -0.25) is 0 Å². The van der Waals surface area contributed by atoms with E-state index in [2.05, 4.69) is 0 Å². The first kappa shape index (κ1) is 13.5. The van der Waals surface area contributed by atoms with Crippen LogP contribution in [0.3, 0.4) is 0 Å². The van der Waals surface area contributed by atoms with E-state index < -0.39 is 11.9 Å². The molecule has 0 aliphatic rings. The zero-order valence-corrected chi connectivity index (χ0v) is 10.5. The highest BCUT2D eigenvalue weighted by Gasteiger charge is 2.14. The molecule has 1 rings (SSSR count). The number of halogens is 1. The largest absolute Gasteiger partial charge is 0.415 e. The Hall–Kier alpha value is -1.58. The number of amides is 1. The zero-order valence-electron chi connectivity index (χ0n) is 10.5. The molecule has 0 aliphatic heterocycles. The molecule has 0 heterocycles. The number of nitrogens with zero attached hydrogens (tertiary/aromatic N) is 1. The van der Waals surface area contributed by atoms with E-state index in [4.69, 9.17) is 4.74 Å². The molecule has 0 fully saturated rings. The maximum absolute atomic E-state index is 13.4. The van der Waals surface area contributed by atoms with Gasteiger partial charge in [0, 0.05) is 13.1 Å². The maximum Gasteiger partial charge on any atom is 0.415 e. The van der Waals surface area contributed by atoms with E-state index in [1.165, 1.54) is 11.0 Å². The Labute approximate surface area is 101 Å². The van der Waals surface area contributed by atoms with Crippen molar-refractivity contribution in [2.45, 2.75) is 27.2 Å². The first-order valence-corrected chi connectivity index (χ1v) is 5.87. The van der Waals surface area contributed by atoms with Gasteiger partial charge in [0.15, 0.2) is 11.6 Å². The summed E-state index contributed by atoms with van der Waals surface area (Å²) in [6, 6.07) is 4.57. The van der Waals surface area contributed by atoms with E-state index in [9.17, 15) is 9.18 Å². The van der Waals surface area contributed by atoms with Crippen LogP contribution in [-0.4, -0.2) is 24.1 Å². The third-order valence-corrected chi connectivity index (χ3v) is 2.62. The molecule has 1 amide bonds. The molecule has 0 radical (unpaired) electrons. The summed E-state index contributed by atoms with van der Waals surface area (Å²) >= 11 is 0. The van der Waals surface area contributed by atoms with E-state index in [-0.39, 0.29) is 5.75 Å². The molecule has 3 nitrogen and oxygen atoms in total. The van der Waals surface area contributed by atoms with Gasteiger partial charge in [-0.2, -0.15) is 0 Å². The van der Waals surface area contributed by atoms with Gasteiger partial charge in [-0.05, 0) is 38.0 Å². The molecule has 0 atom stereocenters. The molecule has 0 spiro atoms. The lowest BCUT2D eigenvalue weighted by atomic mass is 10.1. The number of rotatable bonds is 4. The summed E-state index contributed by atoms with van der Waals surface area (Å²) in [7, 11) is 0. The van der Waals surface area contributed by atoms with E-state index in [0.717, 1.165) is 12.0 Å². The van der Waals surface area contributed by atoms with Crippen LogP contribution < -0.4 is 4.74 Å². The highest BCUT2D eigenvalue weighted by Crippen LogP contribution is 2.20. The van der Waals surface area contributed by atoms with Crippen LogP contribution in [0.1, 0.15) is 26.3 Å². The SMILES string of the molecule is CCc1ccc(F)c(OC(=O)N(CC)CC)c1. The fourth-order valence-corrected chi connectivity index (χ4v) is 1.49. The van der Waals surface area contributed by atoms with Crippen molar-refractivity contribution in [3.63, 3.8) is 0 Å². The first-order chi connectivity index (χ1) is 8.12. The molecular formula is C13H18FNO2. The Morgan fingerprint density at radius 2 is 1.94 bits per heavy atom. The van der Waals surface area contributed by atoms with Crippen LogP contribution in [0.5, 0.6) is 5.75 Å². The van der Waals surface area contributed by atoms with Gasteiger partial charge in [-0.1, -0.05) is 13.0 Å². The molecule has 0 aliphatic carbocycles. The monoisotopic (exact) mass is 239 g/mol. The topological polar surface area (TPSA) is 29.5 Å². The van der Waals surface area contributed by atoms with Gasteiger partial charge in [0.05, 0.1) is 0 Å². The van der Waals surface area contributed by atoms with Gasteiger partial charge in [0.1, 0.15) is 0 Å². The molecule has 0 unspecified atom stereocenters. The third-order valence-electron chi connectivity index (χ3n) is 2.62. The maximum atomic E-state index is 13.4. The number of hydrogen-bond donors (Lipinski definition) is 0. The molecular weight excluding hydrogens is 221 g/mol. The number of benzene rings is 1. The summed E-state index contributed by atoms with van der Waals surface area (Å²) in [6.45, 7) is 6.76. The number of hydrogen-bond acceptors (Lipinski definition) is 2. The van der Waals surface area contributed by atoms with Crippen LogP contribution in [0.15, 0.2) is 18.2 Å².